The largest absolute Gasteiger partial charge is 0.504 e. The van der Waals surface area contributed by atoms with E-state index in [-0.39, 0.29) is 45.8 Å². The second-order valence-electron chi connectivity index (χ2n) is 21.0. The number of phenols is 6. The highest BCUT2D eigenvalue weighted by molar-refractivity contribution is 6.11. The van der Waals surface area contributed by atoms with Gasteiger partial charge in [-0.15, -0.1) is 0 Å². The maximum Gasteiger partial charge on any atom is 0.340 e. The van der Waals surface area contributed by atoms with Crippen LogP contribution < -0.4 is 0 Å². The maximum absolute atomic E-state index is 11.8. The topological polar surface area (TPSA) is 233 Å². The molecule has 0 fully saturated rings. The first kappa shape index (κ1) is 57.7. The molecule has 0 amide bonds. The van der Waals surface area contributed by atoms with Gasteiger partial charge in [-0.25, -0.2) is 14.4 Å². The fourth-order valence-electron chi connectivity index (χ4n) is 10.5. The molecule has 9 aromatic carbocycles. The van der Waals surface area contributed by atoms with Crippen LogP contribution in [0.4, 0.5) is 0 Å². The number of hydrogen-bond donors (Lipinski definition) is 9. The predicted octanol–water partition coefficient (Wildman–Crippen LogP) is 15.1. The van der Waals surface area contributed by atoms with Gasteiger partial charge in [0.15, 0.2) is 34.5 Å². The van der Waals surface area contributed by atoms with Crippen LogP contribution in [0.25, 0.3) is 32.3 Å². The van der Waals surface area contributed by atoms with Gasteiger partial charge < -0.3 is 46.0 Å². The van der Waals surface area contributed by atoms with Gasteiger partial charge in [-0.2, -0.15) is 0 Å². The molecule has 12 nitrogen and oxygen atoms in total. The van der Waals surface area contributed by atoms with E-state index in [4.69, 9.17) is 0 Å². The summed E-state index contributed by atoms with van der Waals surface area (Å²) in [5, 5.41) is 94.3. The Balaban J connectivity index is 0.000000172. The molecule has 9 aromatic rings. The molecule has 0 unspecified atom stereocenters. The summed E-state index contributed by atoms with van der Waals surface area (Å²) in [4.78, 5) is 35.3. The molecule has 9 rings (SSSR count). The summed E-state index contributed by atoms with van der Waals surface area (Å²) in [5.41, 5.74) is 11.6. The summed E-state index contributed by atoms with van der Waals surface area (Å²) in [6.45, 7) is 17.6. The molecule has 408 valence electrons. The van der Waals surface area contributed by atoms with Gasteiger partial charge in [-0.05, 0) is 150 Å². The third-order valence-corrected chi connectivity index (χ3v) is 14.6. The normalized spacial score (nSPS) is 11.2. The Morgan fingerprint density at radius 3 is 1.04 bits per heavy atom. The molecule has 0 saturated heterocycles. The quantitative estimate of drug-likeness (QED) is 0.0491. The van der Waals surface area contributed by atoms with Crippen molar-refractivity contribution < 1.29 is 60.3 Å². The minimum Gasteiger partial charge on any atom is -0.504 e. The highest BCUT2D eigenvalue weighted by atomic mass is 16.4. The van der Waals surface area contributed by atoms with Crippen molar-refractivity contribution >= 4 is 50.2 Å². The SMILES string of the molecule is CCCc1c(O)c(O)c(C(=O)O)c2cc(Cc3ccccc3)c(C)cc12.Cc1cc2c(C(C)C)c(O)c(O)c(C(=O)O)c2cc1Cc1ccccc1.Cc1ccc(Cc2cc3c(C(=O)O)c(O)c(O)c(C(C)C)c3cc2C)cc1. The van der Waals surface area contributed by atoms with Crippen molar-refractivity contribution in [1.82, 2.24) is 0 Å². The molecule has 0 aliphatic heterocycles. The fraction of sp³-hybridized carbons (Fsp3) is 0.239. The molecule has 0 bridgehead atoms. The molecule has 0 saturated carbocycles. The van der Waals surface area contributed by atoms with Crippen LogP contribution in [0.3, 0.4) is 0 Å². The summed E-state index contributed by atoms with van der Waals surface area (Å²) in [6.07, 6.45) is 3.35. The summed E-state index contributed by atoms with van der Waals surface area (Å²) < 4.78 is 0. The Hall–Kier alpha value is -9.03. The van der Waals surface area contributed by atoms with Crippen LogP contribution >= 0.6 is 0 Å². The number of phenolic OH excluding ortho intramolecular Hbond substituents is 3. The minimum atomic E-state index is -1.26. The van der Waals surface area contributed by atoms with Gasteiger partial charge in [-0.3, -0.25) is 0 Å². The van der Waals surface area contributed by atoms with E-state index in [2.05, 4.69) is 24.3 Å². The van der Waals surface area contributed by atoms with Crippen LogP contribution in [0.2, 0.25) is 0 Å². The van der Waals surface area contributed by atoms with Gasteiger partial charge in [0.05, 0.1) is 0 Å². The van der Waals surface area contributed by atoms with Gasteiger partial charge in [0.2, 0.25) is 0 Å². The van der Waals surface area contributed by atoms with Crippen molar-refractivity contribution in [3.8, 4) is 34.5 Å². The van der Waals surface area contributed by atoms with Crippen molar-refractivity contribution in [2.24, 2.45) is 0 Å². The van der Waals surface area contributed by atoms with E-state index in [1.165, 1.54) is 5.56 Å². The number of carbonyl (C=O) groups is 3. The van der Waals surface area contributed by atoms with Crippen molar-refractivity contribution in [3.05, 3.63) is 210 Å². The second kappa shape index (κ2) is 24.1. The van der Waals surface area contributed by atoms with E-state index in [9.17, 15) is 60.3 Å². The van der Waals surface area contributed by atoms with E-state index in [1.807, 2.05) is 159 Å². The number of aromatic hydroxyl groups is 6. The van der Waals surface area contributed by atoms with Crippen LogP contribution in [0.1, 0.15) is 156 Å². The molecule has 0 heterocycles. The number of benzene rings is 9. The van der Waals surface area contributed by atoms with Gasteiger partial charge in [0.25, 0.3) is 0 Å². The van der Waals surface area contributed by atoms with Crippen LogP contribution in [0.5, 0.6) is 34.5 Å². The molecule has 12 heteroatoms. The predicted molar refractivity (Wildman–Crippen MR) is 312 cm³/mol. The maximum atomic E-state index is 11.8. The van der Waals surface area contributed by atoms with E-state index in [0.717, 1.165) is 56.5 Å². The molecule has 0 aliphatic rings. The Labute approximate surface area is 459 Å². The van der Waals surface area contributed by atoms with E-state index in [0.29, 0.717) is 74.7 Å². The molecular weight excluding hydrogens is 997 g/mol. The lowest BCUT2D eigenvalue weighted by Crippen LogP contribution is -2.04. The Bertz CT molecular complexity index is 3780. The summed E-state index contributed by atoms with van der Waals surface area (Å²) in [7, 11) is 0. The number of aromatic carboxylic acids is 3. The minimum absolute atomic E-state index is 0.0642. The lowest BCUT2D eigenvalue weighted by atomic mass is 9.87. The van der Waals surface area contributed by atoms with Crippen molar-refractivity contribution in [3.63, 3.8) is 0 Å². The zero-order chi connectivity index (χ0) is 57.7. The first-order chi connectivity index (χ1) is 37.4. The highest BCUT2D eigenvalue weighted by Gasteiger charge is 2.28. The van der Waals surface area contributed by atoms with E-state index >= 15 is 0 Å². The molecule has 9 N–H and O–H groups in total. The number of carboxylic acids is 3. The van der Waals surface area contributed by atoms with Gasteiger partial charge in [0, 0.05) is 32.8 Å². The molecule has 0 spiro atoms. The average Bonchev–Trinajstić information content (AvgIpc) is 3.41. The number of carboxylic acid groups (broad SMARTS) is 3. The number of aryl methyl sites for hydroxylation is 5. The number of hydrogen-bond acceptors (Lipinski definition) is 9. The Morgan fingerprint density at radius 2 is 0.709 bits per heavy atom. The van der Waals surface area contributed by atoms with Gasteiger partial charge in [-0.1, -0.05) is 150 Å². The van der Waals surface area contributed by atoms with E-state index < -0.39 is 35.2 Å². The monoisotopic (exact) mass is 1060 g/mol. The zero-order valence-electron chi connectivity index (χ0n) is 46.0. The third kappa shape index (κ3) is 12.1. The molecule has 0 aliphatic carbocycles. The van der Waals surface area contributed by atoms with Crippen LogP contribution in [0.15, 0.2) is 121 Å². The van der Waals surface area contributed by atoms with Crippen molar-refractivity contribution in [1.29, 1.82) is 0 Å². The summed E-state index contributed by atoms with van der Waals surface area (Å²) >= 11 is 0. The van der Waals surface area contributed by atoms with Crippen LogP contribution in [-0.2, 0) is 25.7 Å². The Kier molecular flexibility index (Phi) is 17.6. The Morgan fingerprint density at radius 1 is 0.392 bits per heavy atom. The smallest absolute Gasteiger partial charge is 0.340 e. The lowest BCUT2D eigenvalue weighted by molar-refractivity contribution is 0.0684. The van der Waals surface area contributed by atoms with E-state index in [1.54, 1.807) is 0 Å². The second-order valence-corrected chi connectivity index (χ2v) is 21.0. The molecule has 0 radical (unpaired) electrons. The average molecular weight is 1070 g/mol. The number of fused-ring (bicyclic) bond motifs is 3. The third-order valence-electron chi connectivity index (χ3n) is 14.6. The van der Waals surface area contributed by atoms with Crippen LogP contribution in [-0.4, -0.2) is 63.9 Å². The van der Waals surface area contributed by atoms with Crippen molar-refractivity contribution in [2.45, 2.75) is 106 Å². The fourth-order valence-corrected chi connectivity index (χ4v) is 10.5. The highest BCUT2D eigenvalue weighted by Crippen LogP contribution is 2.47. The zero-order valence-corrected chi connectivity index (χ0v) is 46.0. The number of rotatable bonds is 13. The molecule has 0 atom stereocenters. The molecular formula is C67H68O12. The first-order valence-electron chi connectivity index (χ1n) is 26.3. The van der Waals surface area contributed by atoms with Crippen LogP contribution in [0, 0.1) is 27.7 Å². The molecule has 79 heavy (non-hydrogen) atoms. The van der Waals surface area contributed by atoms with Gasteiger partial charge >= 0.3 is 17.9 Å². The van der Waals surface area contributed by atoms with Crippen molar-refractivity contribution in [2.75, 3.05) is 0 Å². The first-order valence-corrected chi connectivity index (χ1v) is 26.3. The standard InChI is InChI=1S/C23H24O4.2C22H22O4/c1-12(2)19-17-9-14(4)16(10-15-7-5-13(3)6-8-15)11-18(17)20(23(26)27)22(25)21(19)24;1-12(2)18-16-9-13(3)15(10-14-7-5-4-6-8-14)11-17(16)19(22(25)26)21(24)20(18)23;1-3-7-16-17-10-13(2)15(11-14-8-5-4-6-9-14)12-18(17)19(22(25)26)21(24)20(16)23/h5-9,11-12,24-25H,10H2,1-4H3,(H,26,27);4-9,11-12,23-24H,10H2,1-3H3,(H,25,26);4-6,8-10,12,23-24H,3,7,11H2,1-2H3,(H,25,26). The van der Waals surface area contributed by atoms with Gasteiger partial charge in [0.1, 0.15) is 16.7 Å². The summed E-state index contributed by atoms with van der Waals surface area (Å²) in [6, 6.07) is 39.3. The molecule has 0 aromatic heterocycles. The lowest BCUT2D eigenvalue weighted by Gasteiger charge is -2.18. The summed E-state index contributed by atoms with van der Waals surface area (Å²) in [5.74, 6) is -6.60.